The van der Waals surface area contributed by atoms with E-state index < -0.39 is 5.54 Å². The maximum absolute atomic E-state index is 6.10. The third-order valence-corrected chi connectivity index (χ3v) is 3.23. The second-order valence-electron chi connectivity index (χ2n) is 5.74. The molecule has 2 rings (SSSR count). The first-order valence-corrected chi connectivity index (χ1v) is 6.50. The molecule has 0 aliphatic carbocycles. The first-order chi connectivity index (χ1) is 8.77. The van der Waals surface area contributed by atoms with E-state index in [1.165, 1.54) is 11.1 Å². The van der Waals surface area contributed by atoms with E-state index in [9.17, 15) is 0 Å². The minimum Gasteiger partial charge on any atom is -0.319 e. The largest absolute Gasteiger partial charge is 0.319 e. The summed E-state index contributed by atoms with van der Waals surface area (Å²) in [6.45, 7) is 10.0. The monoisotopic (exact) mass is 255 g/mol. The summed E-state index contributed by atoms with van der Waals surface area (Å²) in [7, 11) is 0. The number of nitrogens with zero attached hydrogens (tertiary/aromatic N) is 2. The van der Waals surface area contributed by atoms with Gasteiger partial charge in [-0.15, -0.1) is 0 Å². The van der Waals surface area contributed by atoms with Crippen LogP contribution in [0.3, 0.4) is 0 Å². The van der Waals surface area contributed by atoms with Crippen LogP contribution in [0.15, 0.2) is 24.3 Å². The standard InChI is InChI=1S/C16H21N3/c1-10-6-7-13(8-11(10)2)14-9-12(3)18-15(19-14)16(4,5)17/h6-9H,17H2,1-5H3. The summed E-state index contributed by atoms with van der Waals surface area (Å²) >= 11 is 0. The molecular formula is C16H21N3. The van der Waals surface area contributed by atoms with E-state index >= 15 is 0 Å². The molecule has 0 saturated heterocycles. The van der Waals surface area contributed by atoms with Crippen LogP contribution in [-0.4, -0.2) is 9.97 Å². The zero-order valence-corrected chi connectivity index (χ0v) is 12.3. The summed E-state index contributed by atoms with van der Waals surface area (Å²) in [5.74, 6) is 0.681. The highest BCUT2D eigenvalue weighted by atomic mass is 15.0. The molecule has 1 aromatic heterocycles. The Hall–Kier alpha value is -1.74. The lowest BCUT2D eigenvalue weighted by Crippen LogP contribution is -2.31. The number of benzene rings is 1. The molecule has 3 nitrogen and oxygen atoms in total. The summed E-state index contributed by atoms with van der Waals surface area (Å²) in [5, 5.41) is 0. The highest BCUT2D eigenvalue weighted by molar-refractivity contribution is 5.61. The van der Waals surface area contributed by atoms with Gasteiger partial charge in [-0.05, 0) is 57.9 Å². The molecular weight excluding hydrogens is 234 g/mol. The summed E-state index contributed by atoms with van der Waals surface area (Å²) in [6.07, 6.45) is 0. The number of nitrogens with two attached hydrogens (primary N) is 1. The second kappa shape index (κ2) is 4.74. The second-order valence-corrected chi connectivity index (χ2v) is 5.74. The molecule has 19 heavy (non-hydrogen) atoms. The Kier molecular flexibility index (Phi) is 3.42. The lowest BCUT2D eigenvalue weighted by Gasteiger charge is -2.18. The van der Waals surface area contributed by atoms with Crippen LogP contribution >= 0.6 is 0 Å². The van der Waals surface area contributed by atoms with Gasteiger partial charge < -0.3 is 5.73 Å². The van der Waals surface area contributed by atoms with Crippen molar-refractivity contribution >= 4 is 0 Å². The molecule has 3 heteroatoms. The molecule has 0 bridgehead atoms. The van der Waals surface area contributed by atoms with Crippen LogP contribution in [0.25, 0.3) is 11.3 Å². The third kappa shape index (κ3) is 2.99. The first-order valence-electron chi connectivity index (χ1n) is 6.50. The zero-order chi connectivity index (χ0) is 14.2. The van der Waals surface area contributed by atoms with Crippen molar-refractivity contribution in [2.45, 2.75) is 40.2 Å². The molecule has 100 valence electrons. The fraction of sp³-hybridized carbons (Fsp3) is 0.375. The molecule has 1 heterocycles. The Morgan fingerprint density at radius 1 is 0.947 bits per heavy atom. The fourth-order valence-electron chi connectivity index (χ4n) is 1.91. The minimum absolute atomic E-state index is 0.527. The van der Waals surface area contributed by atoms with Crippen LogP contribution in [0, 0.1) is 20.8 Å². The number of hydrogen-bond donors (Lipinski definition) is 1. The van der Waals surface area contributed by atoms with Crippen LogP contribution in [0.2, 0.25) is 0 Å². The zero-order valence-electron chi connectivity index (χ0n) is 12.3. The Balaban J connectivity index is 2.56. The average molecular weight is 255 g/mol. The maximum Gasteiger partial charge on any atom is 0.148 e. The molecule has 0 aliphatic heterocycles. The van der Waals surface area contributed by atoms with Crippen LogP contribution in [-0.2, 0) is 5.54 Å². The van der Waals surface area contributed by atoms with Gasteiger partial charge in [0.2, 0.25) is 0 Å². The van der Waals surface area contributed by atoms with Gasteiger partial charge in [0.1, 0.15) is 5.82 Å². The van der Waals surface area contributed by atoms with E-state index in [0.29, 0.717) is 5.82 Å². The molecule has 2 aromatic rings. The summed E-state index contributed by atoms with van der Waals surface area (Å²) in [6, 6.07) is 8.37. The van der Waals surface area contributed by atoms with Crippen molar-refractivity contribution in [1.82, 2.24) is 9.97 Å². The van der Waals surface area contributed by atoms with Crippen molar-refractivity contribution in [1.29, 1.82) is 0 Å². The molecule has 0 aliphatic rings. The molecule has 0 atom stereocenters. The predicted octanol–water partition coefficient (Wildman–Crippen LogP) is 3.26. The van der Waals surface area contributed by atoms with Gasteiger partial charge in [-0.1, -0.05) is 12.1 Å². The quantitative estimate of drug-likeness (QED) is 0.896. The molecule has 0 fully saturated rings. The summed E-state index contributed by atoms with van der Waals surface area (Å²) < 4.78 is 0. The molecule has 0 saturated carbocycles. The number of aromatic nitrogens is 2. The van der Waals surface area contributed by atoms with E-state index in [0.717, 1.165) is 17.0 Å². The number of aryl methyl sites for hydroxylation is 3. The first kappa shape index (κ1) is 13.7. The lowest BCUT2D eigenvalue weighted by atomic mass is 10.0. The van der Waals surface area contributed by atoms with Crippen molar-refractivity contribution in [2.75, 3.05) is 0 Å². The van der Waals surface area contributed by atoms with Crippen molar-refractivity contribution in [3.63, 3.8) is 0 Å². The fourth-order valence-corrected chi connectivity index (χ4v) is 1.91. The van der Waals surface area contributed by atoms with Crippen LogP contribution in [0.4, 0.5) is 0 Å². The molecule has 0 unspecified atom stereocenters. The van der Waals surface area contributed by atoms with Gasteiger partial charge in [-0.25, -0.2) is 9.97 Å². The van der Waals surface area contributed by atoms with E-state index in [1.54, 1.807) is 0 Å². The molecule has 2 N–H and O–H groups in total. The van der Waals surface area contributed by atoms with Gasteiger partial charge in [0.05, 0.1) is 11.2 Å². The minimum atomic E-state index is -0.527. The van der Waals surface area contributed by atoms with E-state index in [-0.39, 0.29) is 0 Å². The van der Waals surface area contributed by atoms with Gasteiger partial charge in [0, 0.05) is 11.3 Å². The summed E-state index contributed by atoms with van der Waals surface area (Å²) in [5.41, 5.74) is 11.1. The third-order valence-electron chi connectivity index (χ3n) is 3.23. The molecule has 0 amide bonds. The highest BCUT2D eigenvalue weighted by Gasteiger charge is 2.19. The molecule has 0 radical (unpaired) electrons. The maximum atomic E-state index is 6.10. The van der Waals surface area contributed by atoms with Gasteiger partial charge >= 0.3 is 0 Å². The van der Waals surface area contributed by atoms with Crippen LogP contribution in [0.1, 0.15) is 36.5 Å². The predicted molar refractivity (Wildman–Crippen MR) is 78.9 cm³/mol. The Morgan fingerprint density at radius 3 is 2.21 bits per heavy atom. The van der Waals surface area contributed by atoms with Gasteiger partial charge in [0.15, 0.2) is 0 Å². The van der Waals surface area contributed by atoms with Crippen molar-refractivity contribution < 1.29 is 0 Å². The lowest BCUT2D eigenvalue weighted by molar-refractivity contribution is 0.512. The molecule has 0 spiro atoms. The Labute approximate surface area is 114 Å². The van der Waals surface area contributed by atoms with Crippen molar-refractivity contribution in [3.8, 4) is 11.3 Å². The Bertz CT molecular complexity index is 610. The number of hydrogen-bond acceptors (Lipinski definition) is 3. The topological polar surface area (TPSA) is 51.8 Å². The highest BCUT2D eigenvalue weighted by Crippen LogP contribution is 2.23. The van der Waals surface area contributed by atoms with Crippen molar-refractivity contribution in [2.24, 2.45) is 5.73 Å². The Morgan fingerprint density at radius 2 is 1.63 bits per heavy atom. The van der Waals surface area contributed by atoms with E-state index in [1.807, 2.05) is 26.8 Å². The SMILES string of the molecule is Cc1cc(-c2ccc(C)c(C)c2)nc(C(C)(C)N)n1. The van der Waals surface area contributed by atoms with Gasteiger partial charge in [-0.2, -0.15) is 0 Å². The van der Waals surface area contributed by atoms with E-state index in [4.69, 9.17) is 5.73 Å². The van der Waals surface area contributed by atoms with Gasteiger partial charge in [-0.3, -0.25) is 0 Å². The average Bonchev–Trinajstić information content (AvgIpc) is 2.31. The smallest absolute Gasteiger partial charge is 0.148 e. The van der Waals surface area contributed by atoms with E-state index in [2.05, 4.69) is 42.0 Å². The normalized spacial score (nSPS) is 11.7. The summed E-state index contributed by atoms with van der Waals surface area (Å²) in [4.78, 5) is 9.04. The van der Waals surface area contributed by atoms with Crippen LogP contribution < -0.4 is 5.73 Å². The van der Waals surface area contributed by atoms with Crippen molar-refractivity contribution in [3.05, 3.63) is 46.9 Å². The molecule has 1 aromatic carbocycles. The van der Waals surface area contributed by atoms with Crippen LogP contribution in [0.5, 0.6) is 0 Å². The van der Waals surface area contributed by atoms with Gasteiger partial charge in [0.25, 0.3) is 0 Å². The number of rotatable bonds is 2.